The molecule has 1 aromatic heterocycles. The lowest BCUT2D eigenvalue weighted by atomic mass is 10.2. The van der Waals surface area contributed by atoms with Gasteiger partial charge in [0.1, 0.15) is 17.5 Å². The van der Waals surface area contributed by atoms with Crippen LogP contribution in [0, 0.1) is 11.3 Å². The summed E-state index contributed by atoms with van der Waals surface area (Å²) in [4.78, 5) is 25.1. The molecule has 134 valence electrons. The molecule has 0 radical (unpaired) electrons. The molecular formula is C18H20N6OS. The maximum absolute atomic E-state index is 12.7. The highest BCUT2D eigenvalue weighted by atomic mass is 32.2. The van der Waals surface area contributed by atoms with E-state index in [-0.39, 0.29) is 22.5 Å². The molecule has 1 aliphatic rings. The molecule has 8 heteroatoms. The fourth-order valence-electron chi connectivity index (χ4n) is 2.81. The largest absolute Gasteiger partial charge is 0.382 e. The van der Waals surface area contributed by atoms with E-state index in [1.807, 2.05) is 36.1 Å². The molecule has 1 amide bonds. The Bertz CT molecular complexity index is 814. The van der Waals surface area contributed by atoms with Crippen LogP contribution in [0.3, 0.4) is 0 Å². The summed E-state index contributed by atoms with van der Waals surface area (Å²) in [5.41, 5.74) is 7.13. The summed E-state index contributed by atoms with van der Waals surface area (Å²) in [5.74, 6) is 0.204. The van der Waals surface area contributed by atoms with Crippen molar-refractivity contribution in [2.75, 3.05) is 36.8 Å². The topological polar surface area (TPSA) is 99.1 Å². The van der Waals surface area contributed by atoms with E-state index in [0.717, 1.165) is 13.1 Å². The Morgan fingerprint density at radius 3 is 2.58 bits per heavy atom. The fourth-order valence-corrected chi connectivity index (χ4v) is 3.64. The van der Waals surface area contributed by atoms with E-state index >= 15 is 0 Å². The molecular weight excluding hydrogens is 348 g/mol. The van der Waals surface area contributed by atoms with E-state index in [1.54, 1.807) is 0 Å². The van der Waals surface area contributed by atoms with Gasteiger partial charge in [0.2, 0.25) is 5.91 Å². The Morgan fingerprint density at radius 2 is 1.96 bits per heavy atom. The second kappa shape index (κ2) is 8.06. The number of aromatic nitrogens is 2. The lowest BCUT2D eigenvalue weighted by Gasteiger charge is -2.37. The number of nitriles is 1. The molecule has 0 spiro atoms. The first-order valence-corrected chi connectivity index (χ1v) is 9.24. The van der Waals surface area contributed by atoms with Crippen molar-refractivity contribution in [1.82, 2.24) is 14.9 Å². The Balaban J connectivity index is 1.56. The van der Waals surface area contributed by atoms with Crippen molar-refractivity contribution >= 4 is 29.2 Å². The minimum atomic E-state index is -0.314. The molecule has 0 bridgehead atoms. The molecule has 1 aliphatic heterocycles. The second-order valence-corrected chi connectivity index (χ2v) is 7.28. The Morgan fingerprint density at radius 1 is 1.27 bits per heavy atom. The Kier molecular flexibility index (Phi) is 5.58. The number of para-hydroxylation sites is 1. The van der Waals surface area contributed by atoms with Crippen LogP contribution >= 0.6 is 11.8 Å². The van der Waals surface area contributed by atoms with Crippen LogP contribution in [0.4, 0.5) is 11.5 Å². The summed E-state index contributed by atoms with van der Waals surface area (Å²) in [6.07, 6.45) is 1.39. The van der Waals surface area contributed by atoms with Gasteiger partial charge >= 0.3 is 0 Å². The summed E-state index contributed by atoms with van der Waals surface area (Å²) in [6.45, 7) is 4.85. The van der Waals surface area contributed by atoms with Crippen molar-refractivity contribution in [1.29, 1.82) is 5.26 Å². The molecule has 7 nitrogen and oxygen atoms in total. The van der Waals surface area contributed by atoms with Crippen LogP contribution in [-0.4, -0.2) is 52.2 Å². The molecule has 2 N–H and O–H groups in total. The van der Waals surface area contributed by atoms with Gasteiger partial charge in [0.15, 0.2) is 5.16 Å². The number of amides is 1. The van der Waals surface area contributed by atoms with Gasteiger partial charge in [-0.2, -0.15) is 5.26 Å². The molecule has 3 rings (SSSR count). The van der Waals surface area contributed by atoms with Crippen LogP contribution in [0.2, 0.25) is 0 Å². The van der Waals surface area contributed by atoms with Crippen molar-refractivity contribution in [3.8, 4) is 6.07 Å². The van der Waals surface area contributed by atoms with Gasteiger partial charge in [0.25, 0.3) is 0 Å². The summed E-state index contributed by atoms with van der Waals surface area (Å²) in [5, 5.41) is 8.97. The van der Waals surface area contributed by atoms with Crippen LogP contribution in [0.15, 0.2) is 41.7 Å². The first-order valence-electron chi connectivity index (χ1n) is 8.36. The second-order valence-electron chi connectivity index (χ2n) is 5.97. The SMILES string of the molecule is C[C@@H](Sc1ncc(C#N)c(N)n1)C(=O)N1CCN(c2ccccc2)CC1. The lowest BCUT2D eigenvalue weighted by molar-refractivity contribution is -0.130. The smallest absolute Gasteiger partial charge is 0.236 e. The maximum Gasteiger partial charge on any atom is 0.236 e. The molecule has 2 heterocycles. The van der Waals surface area contributed by atoms with Gasteiger partial charge < -0.3 is 15.5 Å². The van der Waals surface area contributed by atoms with Crippen LogP contribution in [0.25, 0.3) is 0 Å². The quantitative estimate of drug-likeness (QED) is 0.648. The summed E-state index contributed by atoms with van der Waals surface area (Å²) >= 11 is 1.26. The highest BCUT2D eigenvalue weighted by molar-refractivity contribution is 8.00. The lowest BCUT2D eigenvalue weighted by Crippen LogP contribution is -2.50. The van der Waals surface area contributed by atoms with Crippen molar-refractivity contribution in [3.05, 3.63) is 42.1 Å². The predicted octanol–water partition coefficient (Wildman–Crippen LogP) is 1.76. The normalized spacial score (nSPS) is 15.4. The number of piperazine rings is 1. The molecule has 0 saturated carbocycles. The number of carbonyl (C=O) groups excluding carboxylic acids is 1. The summed E-state index contributed by atoms with van der Waals surface area (Å²) in [7, 11) is 0. The molecule has 0 unspecified atom stereocenters. The number of thioether (sulfide) groups is 1. The standard InChI is InChI=1S/C18H20N6OS/c1-13(26-18-21-12-14(11-19)16(20)22-18)17(25)24-9-7-23(8-10-24)15-5-3-2-4-6-15/h2-6,12-13H,7-10H2,1H3,(H2,20,21,22)/t13-/m1/s1. The van der Waals surface area contributed by atoms with Crippen molar-refractivity contribution in [2.24, 2.45) is 0 Å². The Hall–Kier alpha value is -2.79. The zero-order chi connectivity index (χ0) is 18.5. The van der Waals surface area contributed by atoms with E-state index in [2.05, 4.69) is 27.0 Å². The highest BCUT2D eigenvalue weighted by Crippen LogP contribution is 2.23. The predicted molar refractivity (Wildman–Crippen MR) is 102 cm³/mol. The van der Waals surface area contributed by atoms with E-state index in [4.69, 9.17) is 11.0 Å². The molecule has 1 atom stereocenters. The number of hydrogen-bond acceptors (Lipinski definition) is 7. The van der Waals surface area contributed by atoms with Gasteiger partial charge in [0.05, 0.1) is 11.4 Å². The van der Waals surface area contributed by atoms with E-state index < -0.39 is 0 Å². The monoisotopic (exact) mass is 368 g/mol. The summed E-state index contributed by atoms with van der Waals surface area (Å²) in [6, 6.07) is 12.1. The van der Waals surface area contributed by atoms with Crippen LogP contribution in [-0.2, 0) is 4.79 Å². The van der Waals surface area contributed by atoms with Gasteiger partial charge in [0, 0.05) is 31.9 Å². The highest BCUT2D eigenvalue weighted by Gasteiger charge is 2.26. The molecule has 1 saturated heterocycles. The van der Waals surface area contributed by atoms with Crippen molar-refractivity contribution in [3.63, 3.8) is 0 Å². The molecule has 2 aromatic rings. The van der Waals surface area contributed by atoms with E-state index in [0.29, 0.717) is 18.2 Å². The third-order valence-electron chi connectivity index (χ3n) is 4.26. The van der Waals surface area contributed by atoms with E-state index in [9.17, 15) is 4.79 Å². The first kappa shape index (κ1) is 18.0. The fraction of sp³-hybridized carbons (Fsp3) is 0.333. The zero-order valence-corrected chi connectivity index (χ0v) is 15.3. The number of benzene rings is 1. The van der Waals surface area contributed by atoms with Gasteiger partial charge in [-0.25, -0.2) is 9.97 Å². The molecule has 1 aromatic carbocycles. The number of nitrogens with zero attached hydrogens (tertiary/aromatic N) is 5. The number of nitrogen functional groups attached to an aromatic ring is 1. The van der Waals surface area contributed by atoms with Gasteiger partial charge in [-0.05, 0) is 19.1 Å². The molecule has 0 aliphatic carbocycles. The first-order chi connectivity index (χ1) is 12.6. The van der Waals surface area contributed by atoms with Crippen LogP contribution in [0.1, 0.15) is 12.5 Å². The minimum Gasteiger partial charge on any atom is -0.382 e. The van der Waals surface area contributed by atoms with Crippen molar-refractivity contribution in [2.45, 2.75) is 17.3 Å². The third-order valence-corrected chi connectivity index (χ3v) is 5.22. The molecule has 1 fully saturated rings. The minimum absolute atomic E-state index is 0.0641. The average molecular weight is 368 g/mol. The number of nitrogens with two attached hydrogens (primary N) is 1. The zero-order valence-electron chi connectivity index (χ0n) is 14.5. The van der Waals surface area contributed by atoms with Gasteiger partial charge in [-0.3, -0.25) is 4.79 Å². The number of rotatable bonds is 4. The number of anilines is 2. The average Bonchev–Trinajstić information content (AvgIpc) is 2.68. The van der Waals surface area contributed by atoms with Gasteiger partial charge in [-0.15, -0.1) is 0 Å². The maximum atomic E-state index is 12.7. The third kappa shape index (κ3) is 4.06. The van der Waals surface area contributed by atoms with E-state index in [1.165, 1.54) is 23.6 Å². The molecule has 26 heavy (non-hydrogen) atoms. The Labute approximate surface area is 156 Å². The number of carbonyl (C=O) groups is 1. The number of hydrogen-bond donors (Lipinski definition) is 1. The van der Waals surface area contributed by atoms with Crippen LogP contribution in [0.5, 0.6) is 0 Å². The van der Waals surface area contributed by atoms with Crippen LogP contribution < -0.4 is 10.6 Å². The summed E-state index contributed by atoms with van der Waals surface area (Å²) < 4.78 is 0. The van der Waals surface area contributed by atoms with Crippen molar-refractivity contribution < 1.29 is 4.79 Å². The van der Waals surface area contributed by atoms with Gasteiger partial charge in [-0.1, -0.05) is 30.0 Å².